The Morgan fingerprint density at radius 1 is 0.879 bits per heavy atom. The molecule has 2 rings (SSSR count). The largest absolute Gasteiger partial charge is 0.444 e. The second-order valence-corrected chi connectivity index (χ2v) is 17.8. The maximum Gasteiger partial charge on any atom is 0.410 e. The Hall–Kier alpha value is -3.59. The molecule has 14 nitrogen and oxygen atoms in total. The summed E-state index contributed by atoms with van der Waals surface area (Å²) in [6, 6.07) is 6.08. The van der Waals surface area contributed by atoms with E-state index in [0.29, 0.717) is 18.5 Å². The third-order valence-electron chi connectivity index (χ3n) is 11.5. The van der Waals surface area contributed by atoms with Crippen molar-refractivity contribution >= 4 is 29.7 Å². The lowest BCUT2D eigenvalue weighted by Gasteiger charge is -2.43. The lowest BCUT2D eigenvalue weighted by Crippen LogP contribution is -2.60. The number of rotatable bonds is 20. The Labute approximate surface area is 348 Å². The molecule has 1 heterocycles. The number of carbonyl (C=O) groups excluding carboxylic acids is 5. The molecule has 14 heteroatoms. The summed E-state index contributed by atoms with van der Waals surface area (Å²) in [7, 11) is 6.42. The Morgan fingerprint density at radius 2 is 1.45 bits per heavy atom. The summed E-state index contributed by atoms with van der Waals surface area (Å²) in [5.74, 6) is -2.76. The molecule has 330 valence electrons. The molecule has 3 N–H and O–H groups in total. The zero-order valence-corrected chi connectivity index (χ0v) is 37.9. The molecule has 0 aliphatic carbocycles. The predicted octanol–water partition coefficient (Wildman–Crippen LogP) is 5.18. The molecule has 1 aliphatic rings. The van der Waals surface area contributed by atoms with Gasteiger partial charge in [-0.25, -0.2) is 4.79 Å². The van der Waals surface area contributed by atoms with Crippen LogP contribution in [0.5, 0.6) is 0 Å². The monoisotopic (exact) mass is 818 g/mol. The smallest absolute Gasteiger partial charge is 0.410 e. The Morgan fingerprint density at radius 3 is 1.95 bits per heavy atom. The molecule has 5 amide bonds. The highest BCUT2D eigenvalue weighted by Crippen LogP contribution is 2.31. The molecule has 1 fully saturated rings. The van der Waals surface area contributed by atoms with Gasteiger partial charge in [-0.3, -0.25) is 34.3 Å². The molecule has 0 bridgehead atoms. The normalized spacial score (nSPS) is 19.4. The number of aliphatic hydroxyl groups excluding tert-OH is 1. The number of nitrogens with one attached hydrogen (secondary N) is 2. The van der Waals surface area contributed by atoms with Crippen LogP contribution in [0.3, 0.4) is 0 Å². The molecule has 1 aliphatic heterocycles. The summed E-state index contributed by atoms with van der Waals surface area (Å²) in [6.45, 7) is 20.8. The first-order chi connectivity index (χ1) is 27.0. The van der Waals surface area contributed by atoms with Crippen molar-refractivity contribution in [2.24, 2.45) is 23.7 Å². The zero-order chi connectivity index (χ0) is 44.2. The zero-order valence-electron chi connectivity index (χ0n) is 37.9. The number of imide groups is 1. The van der Waals surface area contributed by atoms with E-state index in [1.165, 1.54) is 11.9 Å². The van der Waals surface area contributed by atoms with Crippen LogP contribution in [0.4, 0.5) is 4.79 Å². The van der Waals surface area contributed by atoms with Gasteiger partial charge in [0.1, 0.15) is 11.6 Å². The van der Waals surface area contributed by atoms with E-state index in [1.807, 2.05) is 63.1 Å². The fourth-order valence-corrected chi connectivity index (χ4v) is 8.35. The van der Waals surface area contributed by atoms with E-state index in [4.69, 9.17) is 14.2 Å². The molecule has 1 saturated heterocycles. The second kappa shape index (κ2) is 22.7. The molecular formula is C44H75N5O9. The number of amides is 5. The summed E-state index contributed by atoms with van der Waals surface area (Å²) in [5.41, 5.74) is -0.0674. The van der Waals surface area contributed by atoms with Crippen LogP contribution >= 0.6 is 0 Å². The summed E-state index contributed by atoms with van der Waals surface area (Å²) >= 11 is 0. The van der Waals surface area contributed by atoms with Crippen LogP contribution in [0.25, 0.3) is 0 Å². The number of benzene rings is 1. The highest BCUT2D eigenvalue weighted by molar-refractivity contribution is 6.01. The fourth-order valence-electron chi connectivity index (χ4n) is 8.35. The molecule has 58 heavy (non-hydrogen) atoms. The molecular weight excluding hydrogens is 743 g/mol. The number of hydrogen-bond donors (Lipinski definition) is 3. The minimum atomic E-state index is -0.964. The maximum absolute atomic E-state index is 14.3. The van der Waals surface area contributed by atoms with Crippen LogP contribution in [-0.4, -0.2) is 132 Å². The van der Waals surface area contributed by atoms with E-state index in [9.17, 15) is 29.1 Å². The second-order valence-electron chi connectivity index (χ2n) is 17.8. The Balaban J connectivity index is 2.29. The number of hydrogen-bond acceptors (Lipinski definition) is 10. The summed E-state index contributed by atoms with van der Waals surface area (Å²) in [5, 5.41) is 16.4. The van der Waals surface area contributed by atoms with E-state index < -0.39 is 71.9 Å². The molecule has 0 radical (unpaired) electrons. The number of nitrogens with zero attached hydrogens (tertiary/aromatic N) is 3. The number of ether oxygens (including phenoxy) is 3. The molecule has 0 saturated carbocycles. The molecule has 1 aromatic carbocycles. The first-order valence-corrected chi connectivity index (χ1v) is 20.9. The number of likely N-dealkylation sites (N-methyl/N-ethyl adjacent to an activating group) is 2. The topological polar surface area (TPSA) is 167 Å². The van der Waals surface area contributed by atoms with Crippen molar-refractivity contribution in [2.45, 2.75) is 156 Å². The standard InChI is InChI=1S/C44H75N5O9/c1-16-28(6)37(47(12)35(26(2)3)41(53)46-42(54)36(27(4)5)48(13)43(55)58-44(9,10)11)33(56-14)25-34(50)49-24-20-23-32(49)39(57-15)29(7)40(52)45-30(8)38(51)31-21-18-17-19-22-31/h17-19,21-22,26-30,32-33,35-39,51H,16,20,23-25H2,1-15H3,(H,45,52)(H,46,53,54)/t28-,29+,30+,32-,33+,35-,36-,37-,38+,39+/m0/s1. The number of carbonyl (C=O) groups is 5. The molecule has 1 aromatic rings. The quantitative estimate of drug-likeness (QED) is 0.160. The molecule has 10 atom stereocenters. The van der Waals surface area contributed by atoms with Gasteiger partial charge in [0, 0.05) is 33.9 Å². The maximum atomic E-state index is 14.3. The van der Waals surface area contributed by atoms with Gasteiger partial charge in [0.15, 0.2) is 0 Å². The van der Waals surface area contributed by atoms with Crippen molar-refractivity contribution in [2.75, 3.05) is 34.9 Å². The van der Waals surface area contributed by atoms with Crippen LogP contribution in [-0.2, 0) is 33.4 Å². The van der Waals surface area contributed by atoms with Crippen LogP contribution in [0.1, 0.15) is 114 Å². The van der Waals surface area contributed by atoms with Gasteiger partial charge in [-0.05, 0) is 70.9 Å². The molecule has 0 aromatic heterocycles. The number of aliphatic hydroxyl groups is 1. The van der Waals surface area contributed by atoms with Gasteiger partial charge in [0.2, 0.25) is 23.6 Å². The van der Waals surface area contributed by atoms with Gasteiger partial charge >= 0.3 is 6.09 Å². The van der Waals surface area contributed by atoms with E-state index in [2.05, 4.69) is 17.6 Å². The highest BCUT2D eigenvalue weighted by Gasteiger charge is 2.44. The number of methoxy groups -OCH3 is 2. The van der Waals surface area contributed by atoms with Crippen molar-refractivity contribution in [3.05, 3.63) is 35.9 Å². The Kier molecular flexibility index (Phi) is 19.8. The van der Waals surface area contributed by atoms with E-state index in [0.717, 1.165) is 12.8 Å². The van der Waals surface area contributed by atoms with E-state index in [-0.39, 0.29) is 42.0 Å². The van der Waals surface area contributed by atoms with Crippen molar-refractivity contribution in [3.8, 4) is 0 Å². The lowest BCUT2D eigenvalue weighted by molar-refractivity contribution is -0.144. The summed E-state index contributed by atoms with van der Waals surface area (Å²) in [6.07, 6.45) is -0.643. The fraction of sp³-hybridized carbons (Fsp3) is 0.750. The van der Waals surface area contributed by atoms with Crippen molar-refractivity contribution in [1.29, 1.82) is 0 Å². The van der Waals surface area contributed by atoms with Gasteiger partial charge in [0.25, 0.3) is 0 Å². The predicted molar refractivity (Wildman–Crippen MR) is 225 cm³/mol. The van der Waals surface area contributed by atoms with Crippen LogP contribution in [0, 0.1) is 23.7 Å². The minimum absolute atomic E-state index is 0.0190. The summed E-state index contributed by atoms with van der Waals surface area (Å²) < 4.78 is 17.5. The van der Waals surface area contributed by atoms with E-state index in [1.54, 1.807) is 67.6 Å². The number of likely N-dealkylation sites (tertiary alicyclic amines) is 1. The lowest BCUT2D eigenvalue weighted by atomic mass is 9.87. The van der Waals surface area contributed by atoms with Gasteiger partial charge in [-0.15, -0.1) is 0 Å². The summed E-state index contributed by atoms with van der Waals surface area (Å²) in [4.78, 5) is 73.5. The molecule has 0 unspecified atom stereocenters. The van der Waals surface area contributed by atoms with Crippen LogP contribution < -0.4 is 10.6 Å². The Bertz CT molecular complexity index is 1490. The van der Waals surface area contributed by atoms with Gasteiger partial charge < -0.3 is 29.5 Å². The van der Waals surface area contributed by atoms with Crippen LogP contribution in [0.15, 0.2) is 30.3 Å². The van der Waals surface area contributed by atoms with Crippen molar-refractivity contribution < 1.29 is 43.3 Å². The molecule has 0 spiro atoms. The highest BCUT2D eigenvalue weighted by atomic mass is 16.6. The van der Waals surface area contributed by atoms with Gasteiger partial charge in [0.05, 0.1) is 48.8 Å². The average molecular weight is 818 g/mol. The SMILES string of the molecule is CC[C@H](C)[C@@H]([C@@H](CC(=O)N1CCC[C@H]1[C@H](OC)[C@@H](C)C(=O)N[C@H](C)[C@@H](O)c1ccccc1)OC)N(C)[C@H](C(=O)NC(=O)[C@H](C(C)C)N(C)C(=O)OC(C)(C)C)C(C)C. The van der Waals surface area contributed by atoms with E-state index >= 15 is 0 Å². The van der Waals surface area contributed by atoms with Crippen molar-refractivity contribution in [1.82, 2.24) is 25.3 Å². The van der Waals surface area contributed by atoms with Gasteiger partial charge in [-0.1, -0.05) is 85.2 Å². The first kappa shape index (κ1) is 50.6. The van der Waals surface area contributed by atoms with Gasteiger partial charge in [-0.2, -0.15) is 0 Å². The van der Waals surface area contributed by atoms with Crippen LogP contribution in [0.2, 0.25) is 0 Å². The minimum Gasteiger partial charge on any atom is -0.444 e. The third kappa shape index (κ3) is 13.5. The third-order valence-corrected chi connectivity index (χ3v) is 11.5. The average Bonchev–Trinajstić information content (AvgIpc) is 3.63. The van der Waals surface area contributed by atoms with Crippen molar-refractivity contribution in [3.63, 3.8) is 0 Å². The first-order valence-electron chi connectivity index (χ1n) is 20.9.